The van der Waals surface area contributed by atoms with E-state index in [0.717, 1.165) is 7.11 Å². The molecule has 0 unspecified atom stereocenters. The average Bonchev–Trinajstić information content (AvgIpc) is 2.61. The van der Waals surface area contributed by atoms with Gasteiger partial charge in [-0.2, -0.15) is 9.49 Å². The number of fused-ring (bicyclic) bond motifs is 1. The molecule has 9 heteroatoms. The zero-order valence-electron chi connectivity index (χ0n) is 8.00. The van der Waals surface area contributed by atoms with Crippen molar-refractivity contribution in [3.05, 3.63) is 16.3 Å². The molecule has 0 saturated carbocycles. The molecule has 2 aromatic rings. The number of nitrogens with one attached hydrogen (secondary N) is 3. The van der Waals surface area contributed by atoms with Crippen LogP contribution in [0.2, 0.25) is 0 Å². The number of rotatable bonds is 1. The number of halogens is 1. The summed E-state index contributed by atoms with van der Waals surface area (Å²) in [5.41, 5.74) is -1.10. The smallest absolute Gasteiger partial charge is 0.413 e. The molecule has 0 atom stereocenters. The van der Waals surface area contributed by atoms with E-state index in [4.69, 9.17) is 0 Å². The molecule has 2 rings (SSSR count). The lowest BCUT2D eigenvalue weighted by Gasteiger charge is -2.01. The lowest BCUT2D eigenvalue weighted by molar-refractivity contribution is 0.186. The Kier molecular flexibility index (Phi) is 2.27. The molecule has 0 saturated heterocycles. The Balaban J connectivity index is 2.52. The molecule has 84 valence electrons. The molecule has 2 aromatic heterocycles. The summed E-state index contributed by atoms with van der Waals surface area (Å²) in [5, 5.41) is 7.48. The van der Waals surface area contributed by atoms with Crippen LogP contribution >= 0.6 is 0 Å². The van der Waals surface area contributed by atoms with Crippen LogP contribution in [0.4, 0.5) is 15.1 Å². The lowest BCUT2D eigenvalue weighted by Crippen LogP contribution is -2.18. The first kappa shape index (κ1) is 10.1. The van der Waals surface area contributed by atoms with Gasteiger partial charge in [0.1, 0.15) is 0 Å². The van der Waals surface area contributed by atoms with Crippen LogP contribution in [0, 0.1) is 5.95 Å². The van der Waals surface area contributed by atoms with E-state index in [1.165, 1.54) is 0 Å². The molecule has 0 radical (unpaired) electrons. The van der Waals surface area contributed by atoms with Gasteiger partial charge in [0, 0.05) is 0 Å². The Labute approximate surface area is 86.8 Å². The van der Waals surface area contributed by atoms with Gasteiger partial charge >= 0.3 is 6.09 Å². The molecule has 0 bridgehead atoms. The van der Waals surface area contributed by atoms with Gasteiger partial charge < -0.3 is 4.74 Å². The topological polar surface area (TPSA) is 113 Å². The maximum atomic E-state index is 13.0. The fourth-order valence-electron chi connectivity index (χ4n) is 1.09. The number of aromatic amines is 2. The third-order valence-electron chi connectivity index (χ3n) is 1.77. The number of hydrogen-bond acceptors (Lipinski definition) is 5. The van der Waals surface area contributed by atoms with Crippen LogP contribution in [0.5, 0.6) is 0 Å². The predicted molar refractivity (Wildman–Crippen MR) is 50.5 cm³/mol. The molecule has 1 amide bonds. The molecule has 0 spiro atoms. The Morgan fingerprint density at radius 3 is 2.94 bits per heavy atom. The third kappa shape index (κ3) is 1.58. The van der Waals surface area contributed by atoms with Crippen LogP contribution in [0.3, 0.4) is 0 Å². The van der Waals surface area contributed by atoms with Crippen molar-refractivity contribution in [1.82, 2.24) is 20.2 Å². The number of nitrogens with zero attached hydrogens (tertiary/aromatic N) is 2. The predicted octanol–water partition coefficient (Wildman–Crippen LogP) is -0.0364. The molecule has 3 N–H and O–H groups in total. The zero-order chi connectivity index (χ0) is 11.7. The maximum Gasteiger partial charge on any atom is 0.413 e. The van der Waals surface area contributed by atoms with Crippen LogP contribution in [0.25, 0.3) is 11.0 Å². The van der Waals surface area contributed by atoms with Crippen molar-refractivity contribution in [2.45, 2.75) is 0 Å². The van der Waals surface area contributed by atoms with Crippen LogP contribution in [0.15, 0.2) is 4.79 Å². The molecule has 2 heterocycles. The maximum absolute atomic E-state index is 13.0. The second-order valence-electron chi connectivity index (χ2n) is 2.77. The molecule has 0 aromatic carbocycles. The molecule has 0 aliphatic rings. The van der Waals surface area contributed by atoms with Gasteiger partial charge in [0.15, 0.2) is 11.0 Å². The van der Waals surface area contributed by atoms with Gasteiger partial charge in [-0.3, -0.25) is 20.2 Å². The van der Waals surface area contributed by atoms with Gasteiger partial charge in [-0.25, -0.2) is 9.78 Å². The summed E-state index contributed by atoms with van der Waals surface area (Å²) >= 11 is 0. The summed E-state index contributed by atoms with van der Waals surface area (Å²) in [6.45, 7) is 0. The first-order chi connectivity index (χ1) is 7.61. The highest BCUT2D eigenvalue weighted by molar-refractivity contribution is 5.83. The van der Waals surface area contributed by atoms with Crippen molar-refractivity contribution in [3.8, 4) is 0 Å². The van der Waals surface area contributed by atoms with Crippen LogP contribution in [-0.4, -0.2) is 33.4 Å². The van der Waals surface area contributed by atoms with Crippen molar-refractivity contribution in [2.24, 2.45) is 0 Å². The van der Waals surface area contributed by atoms with Gasteiger partial charge in [0.05, 0.1) is 7.11 Å². The highest BCUT2D eigenvalue weighted by Crippen LogP contribution is 2.08. The summed E-state index contributed by atoms with van der Waals surface area (Å²) in [4.78, 5) is 28.0. The van der Waals surface area contributed by atoms with Crippen molar-refractivity contribution < 1.29 is 13.9 Å². The summed E-state index contributed by atoms with van der Waals surface area (Å²) in [6.07, 6.45) is -0.827. The number of anilines is 1. The number of carbonyl (C=O) groups excluding carboxylic acids is 1. The SMILES string of the molecule is COC(=O)Nc1nc2c(F)[nH]nc2c(=O)[nH]1. The van der Waals surface area contributed by atoms with Gasteiger partial charge in [-0.15, -0.1) is 0 Å². The first-order valence-electron chi connectivity index (χ1n) is 4.10. The van der Waals surface area contributed by atoms with Gasteiger partial charge in [0.25, 0.3) is 5.56 Å². The van der Waals surface area contributed by atoms with Gasteiger partial charge in [0.2, 0.25) is 11.9 Å². The lowest BCUT2D eigenvalue weighted by atomic mass is 10.4. The van der Waals surface area contributed by atoms with Crippen molar-refractivity contribution >= 4 is 23.1 Å². The second kappa shape index (κ2) is 3.61. The Bertz CT molecular complexity index is 604. The third-order valence-corrected chi connectivity index (χ3v) is 1.77. The minimum Gasteiger partial charge on any atom is -0.453 e. The van der Waals surface area contributed by atoms with Crippen molar-refractivity contribution in [1.29, 1.82) is 0 Å². The van der Waals surface area contributed by atoms with E-state index in [-0.39, 0.29) is 17.0 Å². The highest BCUT2D eigenvalue weighted by atomic mass is 19.1. The Morgan fingerprint density at radius 2 is 2.25 bits per heavy atom. The molecule has 0 aliphatic carbocycles. The van der Waals surface area contributed by atoms with E-state index >= 15 is 0 Å². The quantitative estimate of drug-likeness (QED) is 0.632. The fraction of sp³-hybridized carbons (Fsp3) is 0.143. The fourth-order valence-corrected chi connectivity index (χ4v) is 1.09. The Morgan fingerprint density at radius 1 is 1.50 bits per heavy atom. The first-order valence-corrected chi connectivity index (χ1v) is 4.10. The van der Waals surface area contributed by atoms with E-state index in [2.05, 4.69) is 25.1 Å². The summed E-state index contributed by atoms with van der Waals surface area (Å²) in [5.74, 6) is -1.07. The molecule has 0 aliphatic heterocycles. The summed E-state index contributed by atoms with van der Waals surface area (Å²) < 4.78 is 17.3. The molecular weight excluding hydrogens is 221 g/mol. The van der Waals surface area contributed by atoms with Crippen LogP contribution < -0.4 is 10.9 Å². The average molecular weight is 227 g/mol. The number of amides is 1. The van der Waals surface area contributed by atoms with E-state index in [1.807, 2.05) is 5.10 Å². The van der Waals surface area contributed by atoms with Gasteiger partial charge in [-0.05, 0) is 0 Å². The standard InChI is InChI=1S/C7H6FN5O3/c1-16-7(15)11-6-9-2-3(5(14)10-6)12-13-4(2)8/h1H3,(H,12,13)(H2,9,10,11,14,15). The second-order valence-corrected chi connectivity index (χ2v) is 2.77. The summed E-state index contributed by atoms with van der Waals surface area (Å²) in [7, 11) is 1.14. The van der Waals surface area contributed by atoms with Crippen molar-refractivity contribution in [2.75, 3.05) is 12.4 Å². The minimum absolute atomic E-state index is 0.173. The van der Waals surface area contributed by atoms with Crippen LogP contribution in [-0.2, 0) is 4.74 Å². The number of H-pyrrole nitrogens is 2. The van der Waals surface area contributed by atoms with E-state index < -0.39 is 17.6 Å². The highest BCUT2D eigenvalue weighted by Gasteiger charge is 2.12. The molecule has 16 heavy (non-hydrogen) atoms. The number of ether oxygens (including phenoxy) is 1. The number of carbonyl (C=O) groups is 1. The summed E-state index contributed by atoms with van der Waals surface area (Å²) in [6, 6.07) is 0. The zero-order valence-corrected chi connectivity index (χ0v) is 8.00. The van der Waals surface area contributed by atoms with Gasteiger partial charge in [-0.1, -0.05) is 0 Å². The van der Waals surface area contributed by atoms with E-state index in [9.17, 15) is 14.0 Å². The Hall–Kier alpha value is -2.45. The normalized spacial score (nSPS) is 10.4. The minimum atomic E-state index is -0.853. The van der Waals surface area contributed by atoms with Crippen LogP contribution in [0.1, 0.15) is 0 Å². The van der Waals surface area contributed by atoms with E-state index in [1.54, 1.807) is 0 Å². The van der Waals surface area contributed by atoms with Crippen molar-refractivity contribution in [3.63, 3.8) is 0 Å². The molecule has 0 fully saturated rings. The number of aromatic nitrogens is 4. The number of hydrogen-bond donors (Lipinski definition) is 3. The molecule has 8 nitrogen and oxygen atoms in total. The largest absolute Gasteiger partial charge is 0.453 e. The monoisotopic (exact) mass is 227 g/mol. The molecular formula is C7H6FN5O3. The van der Waals surface area contributed by atoms with E-state index in [0.29, 0.717) is 0 Å². The number of methoxy groups -OCH3 is 1.